The molecule has 5 nitrogen and oxygen atoms in total. The summed E-state index contributed by atoms with van der Waals surface area (Å²) < 4.78 is 0. The number of carbonyl (C=O) groups excluding carboxylic acids is 1. The van der Waals surface area contributed by atoms with Crippen LogP contribution in [0.3, 0.4) is 0 Å². The van der Waals surface area contributed by atoms with Crippen molar-refractivity contribution in [3.63, 3.8) is 0 Å². The van der Waals surface area contributed by atoms with E-state index in [-0.39, 0.29) is 23.2 Å². The number of hydrogen-bond donors (Lipinski definition) is 1. The van der Waals surface area contributed by atoms with Crippen LogP contribution in [0.2, 0.25) is 0 Å². The van der Waals surface area contributed by atoms with Gasteiger partial charge in [0.1, 0.15) is 0 Å². The summed E-state index contributed by atoms with van der Waals surface area (Å²) in [4.78, 5) is 23.1. The van der Waals surface area contributed by atoms with Crippen LogP contribution in [0.25, 0.3) is 0 Å². The van der Waals surface area contributed by atoms with Crippen LogP contribution >= 0.6 is 0 Å². The number of nitro groups is 1. The zero-order valence-electron chi connectivity index (χ0n) is 14.3. The van der Waals surface area contributed by atoms with E-state index in [2.05, 4.69) is 5.32 Å². The third kappa shape index (κ3) is 3.95. The molecule has 1 amide bonds. The molecule has 5 heteroatoms. The third-order valence-corrected chi connectivity index (χ3v) is 4.14. The Morgan fingerprint density at radius 2 is 1.58 bits per heavy atom. The van der Waals surface area contributed by atoms with Crippen LogP contribution in [-0.2, 0) is 0 Å². The van der Waals surface area contributed by atoms with Crippen molar-refractivity contribution in [1.29, 1.82) is 0 Å². The molecule has 0 spiro atoms. The Morgan fingerprint density at radius 3 is 2.23 bits per heavy atom. The molecule has 0 heterocycles. The lowest BCUT2D eigenvalue weighted by Crippen LogP contribution is -2.29. The number of aryl methyl sites for hydroxylation is 1. The fraction of sp³-hybridized carbons (Fsp3) is 0.0952. The Hall–Kier alpha value is -3.47. The summed E-state index contributed by atoms with van der Waals surface area (Å²) in [6.07, 6.45) is 0. The average Bonchev–Trinajstić information content (AvgIpc) is 2.67. The van der Waals surface area contributed by atoms with E-state index >= 15 is 0 Å². The molecule has 0 bridgehead atoms. The molecule has 0 aromatic heterocycles. The van der Waals surface area contributed by atoms with Crippen molar-refractivity contribution in [3.8, 4) is 0 Å². The fourth-order valence-corrected chi connectivity index (χ4v) is 2.74. The maximum atomic E-state index is 12.7. The molecule has 0 aliphatic rings. The highest BCUT2D eigenvalue weighted by molar-refractivity contribution is 5.95. The molecule has 1 unspecified atom stereocenters. The van der Waals surface area contributed by atoms with Crippen LogP contribution in [0.4, 0.5) is 5.69 Å². The molecule has 3 aromatic rings. The lowest BCUT2D eigenvalue weighted by atomic mass is 9.97. The topological polar surface area (TPSA) is 72.2 Å². The van der Waals surface area contributed by atoms with Gasteiger partial charge in [0.15, 0.2) is 0 Å². The molecule has 26 heavy (non-hydrogen) atoms. The number of non-ortho nitro benzene ring substituents is 1. The zero-order chi connectivity index (χ0) is 18.5. The summed E-state index contributed by atoms with van der Waals surface area (Å²) in [7, 11) is 0. The van der Waals surface area contributed by atoms with Gasteiger partial charge in [-0.1, -0.05) is 66.2 Å². The van der Waals surface area contributed by atoms with Crippen molar-refractivity contribution in [3.05, 3.63) is 111 Å². The number of hydrogen-bond acceptors (Lipinski definition) is 3. The Morgan fingerprint density at radius 1 is 0.923 bits per heavy atom. The third-order valence-electron chi connectivity index (χ3n) is 4.14. The Kier molecular flexibility index (Phi) is 5.08. The van der Waals surface area contributed by atoms with Gasteiger partial charge in [0.2, 0.25) is 0 Å². The highest BCUT2D eigenvalue weighted by Gasteiger charge is 2.19. The number of benzene rings is 3. The predicted molar refractivity (Wildman–Crippen MR) is 100 cm³/mol. The van der Waals surface area contributed by atoms with Crippen LogP contribution in [0, 0.1) is 17.0 Å². The van der Waals surface area contributed by atoms with Crippen molar-refractivity contribution >= 4 is 11.6 Å². The van der Waals surface area contributed by atoms with Crippen molar-refractivity contribution < 1.29 is 9.72 Å². The minimum atomic E-state index is -0.509. The molecule has 1 N–H and O–H groups in total. The van der Waals surface area contributed by atoms with E-state index in [0.717, 1.165) is 16.7 Å². The summed E-state index contributed by atoms with van der Waals surface area (Å²) in [5, 5.41) is 13.9. The van der Waals surface area contributed by atoms with E-state index < -0.39 is 4.92 Å². The van der Waals surface area contributed by atoms with E-state index in [4.69, 9.17) is 0 Å². The number of carbonyl (C=O) groups is 1. The van der Waals surface area contributed by atoms with Gasteiger partial charge >= 0.3 is 0 Å². The van der Waals surface area contributed by atoms with Gasteiger partial charge in [0.25, 0.3) is 11.6 Å². The van der Waals surface area contributed by atoms with Crippen molar-refractivity contribution in [2.75, 3.05) is 0 Å². The molecule has 3 rings (SSSR count). The van der Waals surface area contributed by atoms with Gasteiger partial charge in [-0.15, -0.1) is 0 Å². The molecule has 0 radical (unpaired) electrons. The molecule has 130 valence electrons. The maximum absolute atomic E-state index is 12.7. The number of nitro benzene ring substituents is 1. The second-order valence-electron chi connectivity index (χ2n) is 6.04. The van der Waals surface area contributed by atoms with Crippen LogP contribution in [0.15, 0.2) is 78.9 Å². The van der Waals surface area contributed by atoms with Gasteiger partial charge < -0.3 is 5.32 Å². The van der Waals surface area contributed by atoms with Crippen molar-refractivity contribution in [2.24, 2.45) is 0 Å². The van der Waals surface area contributed by atoms with Crippen LogP contribution in [0.1, 0.15) is 33.1 Å². The van der Waals surface area contributed by atoms with Gasteiger partial charge in [-0.3, -0.25) is 14.9 Å². The first-order valence-electron chi connectivity index (χ1n) is 8.21. The first-order valence-corrected chi connectivity index (χ1v) is 8.21. The molecule has 3 aromatic carbocycles. The van der Waals surface area contributed by atoms with E-state index in [1.807, 2.05) is 61.5 Å². The Balaban J connectivity index is 1.93. The average molecular weight is 346 g/mol. The minimum Gasteiger partial charge on any atom is -0.341 e. The fourth-order valence-electron chi connectivity index (χ4n) is 2.74. The molecular weight excluding hydrogens is 328 g/mol. The van der Waals surface area contributed by atoms with E-state index in [1.54, 1.807) is 6.07 Å². The highest BCUT2D eigenvalue weighted by Crippen LogP contribution is 2.23. The monoisotopic (exact) mass is 346 g/mol. The number of nitrogens with one attached hydrogen (secondary N) is 1. The van der Waals surface area contributed by atoms with Crippen LogP contribution in [-0.4, -0.2) is 10.8 Å². The number of nitrogens with zero attached hydrogens (tertiary/aromatic N) is 1. The van der Waals surface area contributed by atoms with E-state index in [0.29, 0.717) is 0 Å². The summed E-state index contributed by atoms with van der Waals surface area (Å²) in [5.41, 5.74) is 3.16. The quantitative estimate of drug-likeness (QED) is 0.549. The van der Waals surface area contributed by atoms with Gasteiger partial charge in [0, 0.05) is 17.7 Å². The minimum absolute atomic E-state index is 0.107. The molecule has 0 saturated heterocycles. The van der Waals surface area contributed by atoms with Gasteiger partial charge in [0.05, 0.1) is 11.0 Å². The Labute approximate surface area is 151 Å². The van der Waals surface area contributed by atoms with Gasteiger partial charge in [-0.2, -0.15) is 0 Å². The number of rotatable bonds is 5. The Bertz CT molecular complexity index is 922. The van der Waals surface area contributed by atoms with Crippen molar-refractivity contribution in [2.45, 2.75) is 13.0 Å². The molecular formula is C21H18N2O3. The molecule has 0 aliphatic carbocycles. The lowest BCUT2D eigenvalue weighted by Gasteiger charge is -2.20. The smallest absolute Gasteiger partial charge is 0.270 e. The summed E-state index contributed by atoms with van der Waals surface area (Å²) >= 11 is 0. The second-order valence-corrected chi connectivity index (χ2v) is 6.04. The largest absolute Gasteiger partial charge is 0.341 e. The zero-order valence-corrected chi connectivity index (χ0v) is 14.3. The molecule has 0 saturated carbocycles. The van der Waals surface area contributed by atoms with E-state index in [9.17, 15) is 14.9 Å². The number of amides is 1. The lowest BCUT2D eigenvalue weighted by molar-refractivity contribution is -0.384. The summed E-state index contributed by atoms with van der Waals surface area (Å²) in [6.45, 7) is 2.00. The second kappa shape index (κ2) is 7.61. The van der Waals surface area contributed by atoms with Gasteiger partial charge in [-0.25, -0.2) is 0 Å². The molecule has 0 aliphatic heterocycles. The van der Waals surface area contributed by atoms with Crippen molar-refractivity contribution in [1.82, 2.24) is 5.32 Å². The highest BCUT2D eigenvalue weighted by atomic mass is 16.6. The van der Waals surface area contributed by atoms with Gasteiger partial charge in [-0.05, 0) is 24.1 Å². The summed E-state index contributed by atoms with van der Waals surface area (Å²) in [5.74, 6) is -0.358. The molecule has 1 atom stereocenters. The SMILES string of the molecule is Cc1ccc(C(NC(=O)c2cccc([N+](=O)[O-])c2)c2ccccc2)cc1. The standard InChI is InChI=1S/C21H18N2O3/c1-15-10-12-17(13-11-15)20(16-6-3-2-4-7-16)22-21(24)18-8-5-9-19(14-18)23(25)26/h2-14,20H,1H3,(H,22,24). The first kappa shape index (κ1) is 17.4. The first-order chi connectivity index (χ1) is 12.5. The maximum Gasteiger partial charge on any atom is 0.270 e. The van der Waals surface area contributed by atoms with Crippen LogP contribution in [0.5, 0.6) is 0 Å². The molecule has 0 fully saturated rings. The predicted octanol–water partition coefficient (Wildman–Crippen LogP) is 4.42. The summed E-state index contributed by atoms with van der Waals surface area (Å²) in [6, 6.07) is 22.9. The normalized spacial score (nSPS) is 11.6. The van der Waals surface area contributed by atoms with Crippen LogP contribution < -0.4 is 5.32 Å². The van der Waals surface area contributed by atoms with E-state index in [1.165, 1.54) is 18.2 Å².